The molecule has 0 saturated heterocycles. The van der Waals surface area contributed by atoms with Crippen LogP contribution in [-0.2, 0) is 20.5 Å². The molecule has 1 radical (unpaired) electrons. The normalized spacial score (nSPS) is 15.0. The van der Waals surface area contributed by atoms with E-state index in [0.717, 1.165) is 6.42 Å². The highest BCUT2D eigenvalue weighted by Gasteiger charge is 2.36. The van der Waals surface area contributed by atoms with E-state index in [9.17, 15) is 22.8 Å². The van der Waals surface area contributed by atoms with E-state index < -0.39 is 33.7 Å². The van der Waals surface area contributed by atoms with Crippen LogP contribution in [0.25, 0.3) is 0 Å². The molecular weight excluding hydrogens is 360 g/mol. The van der Waals surface area contributed by atoms with Gasteiger partial charge in [0.25, 0.3) is 5.91 Å². The lowest BCUT2D eigenvalue weighted by Gasteiger charge is -2.17. The number of halogens is 5. The molecule has 1 heterocycles. The Kier molecular flexibility index (Phi) is 4.86. The number of carbonyl (C=O) groups excluding carboxylic acids is 2. The quantitative estimate of drug-likeness (QED) is 0.768. The number of hydrazone groups is 1. The second kappa shape index (κ2) is 6.37. The summed E-state index contributed by atoms with van der Waals surface area (Å²) in [7, 11) is 0. The molecule has 0 unspecified atom stereocenters. The molecule has 0 aromatic heterocycles. The Labute approximate surface area is 138 Å². The summed E-state index contributed by atoms with van der Waals surface area (Å²) in [4.78, 5) is 23.4. The van der Waals surface area contributed by atoms with Crippen molar-refractivity contribution in [3.8, 4) is 0 Å². The van der Waals surface area contributed by atoms with Crippen LogP contribution in [0, 0.1) is 6.42 Å². The van der Waals surface area contributed by atoms with Crippen LogP contribution >= 0.6 is 23.2 Å². The zero-order valence-corrected chi connectivity index (χ0v) is 13.0. The molecule has 10 heteroatoms. The van der Waals surface area contributed by atoms with Crippen molar-refractivity contribution in [2.24, 2.45) is 5.10 Å². The van der Waals surface area contributed by atoms with Gasteiger partial charge in [0.05, 0.1) is 22.2 Å². The largest absolute Gasteiger partial charge is 0.461 e. The molecule has 0 bridgehead atoms. The van der Waals surface area contributed by atoms with Crippen LogP contribution in [0.1, 0.15) is 12.5 Å². The van der Waals surface area contributed by atoms with Gasteiger partial charge in [-0.1, -0.05) is 23.2 Å². The highest BCUT2D eigenvalue weighted by Crippen LogP contribution is 2.41. The summed E-state index contributed by atoms with van der Waals surface area (Å²) >= 11 is 11.6. The summed E-state index contributed by atoms with van der Waals surface area (Å²) in [5.74, 6) is -1.63. The van der Waals surface area contributed by atoms with E-state index in [1.54, 1.807) is 6.92 Å². The highest BCUT2D eigenvalue weighted by molar-refractivity contribution is 6.49. The lowest BCUT2D eigenvalue weighted by Crippen LogP contribution is -2.21. The van der Waals surface area contributed by atoms with Crippen molar-refractivity contribution in [2.45, 2.75) is 13.1 Å². The van der Waals surface area contributed by atoms with Crippen LogP contribution in [-0.4, -0.2) is 24.2 Å². The number of amides is 1. The lowest BCUT2D eigenvalue weighted by molar-refractivity contribution is -0.137. The Bertz CT molecular complexity index is 681. The number of anilines is 1. The number of esters is 1. The summed E-state index contributed by atoms with van der Waals surface area (Å²) < 4.78 is 42.8. The molecule has 0 spiro atoms. The van der Waals surface area contributed by atoms with Crippen LogP contribution in [0.4, 0.5) is 18.9 Å². The van der Waals surface area contributed by atoms with E-state index in [0.29, 0.717) is 17.1 Å². The maximum atomic E-state index is 12.7. The maximum absolute atomic E-state index is 12.7. The molecule has 0 aliphatic carbocycles. The van der Waals surface area contributed by atoms with Crippen molar-refractivity contribution < 1.29 is 27.5 Å². The summed E-state index contributed by atoms with van der Waals surface area (Å²) in [6, 6.07) is 1.24. The van der Waals surface area contributed by atoms with Crippen molar-refractivity contribution in [1.82, 2.24) is 0 Å². The van der Waals surface area contributed by atoms with Gasteiger partial charge in [-0.25, -0.2) is 4.79 Å². The SMILES string of the molecule is CCOC(=O)C1=NN(c2c(Cl)cc(C(F)(F)F)cc2Cl)C(=O)[CH]1. The number of ether oxygens (including phenoxy) is 1. The van der Waals surface area contributed by atoms with Crippen LogP contribution in [0.3, 0.4) is 0 Å². The molecule has 2 rings (SSSR count). The van der Waals surface area contributed by atoms with Gasteiger partial charge in [0.15, 0.2) is 5.71 Å². The predicted molar refractivity (Wildman–Crippen MR) is 77.3 cm³/mol. The third-order valence-corrected chi connectivity index (χ3v) is 3.29. The summed E-state index contributed by atoms with van der Waals surface area (Å²) in [5, 5.41) is 3.48. The van der Waals surface area contributed by atoms with Crippen molar-refractivity contribution in [3.05, 3.63) is 34.2 Å². The number of rotatable bonds is 3. The Morgan fingerprint density at radius 2 is 1.87 bits per heavy atom. The van der Waals surface area contributed by atoms with Gasteiger partial charge in [0.2, 0.25) is 0 Å². The third-order valence-electron chi connectivity index (χ3n) is 2.72. The van der Waals surface area contributed by atoms with E-state index in [4.69, 9.17) is 23.2 Å². The van der Waals surface area contributed by atoms with E-state index in [1.807, 2.05) is 0 Å². The molecule has 0 fully saturated rings. The fraction of sp³-hybridized carbons (Fsp3) is 0.231. The van der Waals surface area contributed by atoms with Crippen LogP contribution in [0.5, 0.6) is 0 Å². The molecule has 1 aliphatic heterocycles. The molecule has 1 aromatic rings. The molecule has 5 nitrogen and oxygen atoms in total. The van der Waals surface area contributed by atoms with E-state index in [1.165, 1.54) is 0 Å². The second-order valence-corrected chi connectivity index (χ2v) is 5.10. The van der Waals surface area contributed by atoms with Crippen LogP contribution < -0.4 is 5.01 Å². The van der Waals surface area contributed by atoms with E-state index >= 15 is 0 Å². The van der Waals surface area contributed by atoms with Gasteiger partial charge in [-0.3, -0.25) is 4.79 Å². The van der Waals surface area contributed by atoms with Gasteiger partial charge in [0, 0.05) is 0 Å². The standard InChI is InChI=1S/C13H8Cl2F3N2O3/c1-2-23-12(22)9-5-10(21)20(19-9)11-7(14)3-6(4-8(11)15)13(16,17)18/h3-5H,2H2,1H3. The number of hydrogen-bond donors (Lipinski definition) is 0. The Hall–Kier alpha value is -1.80. The zero-order valence-electron chi connectivity index (χ0n) is 11.4. The summed E-state index contributed by atoms with van der Waals surface area (Å²) in [6.07, 6.45) is -3.77. The Morgan fingerprint density at radius 1 is 1.30 bits per heavy atom. The van der Waals surface area contributed by atoms with Gasteiger partial charge in [0.1, 0.15) is 12.1 Å². The Morgan fingerprint density at radius 3 is 2.35 bits per heavy atom. The van der Waals surface area contributed by atoms with Crippen LogP contribution in [0.15, 0.2) is 17.2 Å². The molecule has 0 saturated carbocycles. The number of hydrogen-bond acceptors (Lipinski definition) is 4. The molecule has 1 amide bonds. The molecule has 123 valence electrons. The third kappa shape index (κ3) is 3.59. The number of alkyl halides is 3. The number of nitrogens with zero attached hydrogens (tertiary/aromatic N) is 2. The van der Waals surface area contributed by atoms with Crippen molar-refractivity contribution in [1.29, 1.82) is 0 Å². The zero-order chi connectivity index (χ0) is 17.4. The van der Waals surface area contributed by atoms with Gasteiger partial charge in [-0.05, 0) is 19.1 Å². The van der Waals surface area contributed by atoms with Crippen molar-refractivity contribution >= 4 is 46.5 Å². The minimum Gasteiger partial charge on any atom is -0.461 e. The van der Waals surface area contributed by atoms with Crippen molar-refractivity contribution in [2.75, 3.05) is 11.6 Å². The lowest BCUT2D eigenvalue weighted by atomic mass is 10.2. The summed E-state index contributed by atoms with van der Waals surface area (Å²) in [5.41, 5.74) is -1.62. The predicted octanol–water partition coefficient (Wildman–Crippen LogP) is 3.48. The minimum absolute atomic E-state index is 0.0711. The second-order valence-electron chi connectivity index (χ2n) is 4.29. The van der Waals surface area contributed by atoms with Gasteiger partial charge in [-0.2, -0.15) is 23.3 Å². The van der Waals surface area contributed by atoms with Gasteiger partial charge < -0.3 is 4.74 Å². The maximum Gasteiger partial charge on any atom is 0.416 e. The molecular formula is C13H8Cl2F3N2O3. The first-order valence-electron chi connectivity index (χ1n) is 6.16. The molecule has 1 aliphatic rings. The topological polar surface area (TPSA) is 59.0 Å². The molecule has 1 aromatic carbocycles. The smallest absolute Gasteiger partial charge is 0.416 e. The number of carbonyl (C=O) groups is 2. The first-order valence-corrected chi connectivity index (χ1v) is 6.91. The first kappa shape index (κ1) is 17.6. The van der Waals surface area contributed by atoms with Gasteiger partial charge in [-0.15, -0.1) is 0 Å². The fourth-order valence-corrected chi connectivity index (χ4v) is 2.41. The van der Waals surface area contributed by atoms with Crippen molar-refractivity contribution in [3.63, 3.8) is 0 Å². The van der Waals surface area contributed by atoms with Crippen LogP contribution in [0.2, 0.25) is 10.0 Å². The molecule has 0 N–H and O–H groups in total. The minimum atomic E-state index is -4.65. The van der Waals surface area contributed by atoms with Gasteiger partial charge >= 0.3 is 12.1 Å². The fourth-order valence-electron chi connectivity index (χ4n) is 1.76. The monoisotopic (exact) mass is 367 g/mol. The first-order chi connectivity index (χ1) is 10.6. The van der Waals surface area contributed by atoms with E-state index in [-0.39, 0.29) is 18.0 Å². The number of benzene rings is 1. The Balaban J connectivity index is 2.42. The van der Waals surface area contributed by atoms with E-state index in [2.05, 4.69) is 9.84 Å². The summed E-state index contributed by atoms with van der Waals surface area (Å²) in [6.45, 7) is 1.64. The average molecular weight is 368 g/mol. The highest BCUT2D eigenvalue weighted by atomic mass is 35.5. The molecule has 0 atom stereocenters. The average Bonchev–Trinajstić information content (AvgIpc) is 2.79. The molecule has 23 heavy (non-hydrogen) atoms.